The SMILES string of the molecule is O=C1CCC(C(=O)N(CC(F)(F)F)C2CCCC2)n2cccc21. The fourth-order valence-corrected chi connectivity index (χ4v) is 3.67. The number of alkyl halides is 3. The van der Waals surface area contributed by atoms with Crippen LogP contribution in [0.3, 0.4) is 0 Å². The normalized spacial score (nSPS) is 22.2. The van der Waals surface area contributed by atoms with Crippen molar-refractivity contribution in [3.05, 3.63) is 24.0 Å². The van der Waals surface area contributed by atoms with E-state index in [1.807, 2.05) is 0 Å². The number of Topliss-reactive ketones (excluding diaryl/α,β-unsaturated/α-hetero) is 1. The van der Waals surface area contributed by atoms with Crippen molar-refractivity contribution in [3.63, 3.8) is 0 Å². The van der Waals surface area contributed by atoms with Gasteiger partial charge in [-0.15, -0.1) is 0 Å². The molecule has 2 heterocycles. The average Bonchev–Trinajstić information content (AvgIpc) is 3.15. The highest BCUT2D eigenvalue weighted by Crippen LogP contribution is 2.32. The first kappa shape index (κ1) is 16.1. The van der Waals surface area contributed by atoms with Gasteiger partial charge >= 0.3 is 6.18 Å². The van der Waals surface area contributed by atoms with Crippen LogP contribution in [0, 0.1) is 0 Å². The zero-order chi connectivity index (χ0) is 16.6. The lowest BCUT2D eigenvalue weighted by atomic mass is 9.99. The van der Waals surface area contributed by atoms with E-state index in [1.165, 1.54) is 4.57 Å². The van der Waals surface area contributed by atoms with Gasteiger partial charge in [0.2, 0.25) is 5.91 Å². The van der Waals surface area contributed by atoms with Gasteiger partial charge in [0.1, 0.15) is 12.6 Å². The van der Waals surface area contributed by atoms with Crippen molar-refractivity contribution >= 4 is 11.7 Å². The summed E-state index contributed by atoms with van der Waals surface area (Å²) in [6, 6.07) is 2.22. The molecule has 1 aromatic heterocycles. The lowest BCUT2D eigenvalue weighted by Gasteiger charge is -2.35. The molecule has 1 atom stereocenters. The molecular formula is C16H19F3N2O2. The van der Waals surface area contributed by atoms with Crippen LogP contribution in [-0.2, 0) is 4.79 Å². The van der Waals surface area contributed by atoms with Gasteiger partial charge in [0.15, 0.2) is 5.78 Å². The predicted octanol–water partition coefficient (Wildman–Crippen LogP) is 3.34. The molecule has 0 radical (unpaired) electrons. The quantitative estimate of drug-likeness (QED) is 0.854. The molecule has 1 amide bonds. The summed E-state index contributed by atoms with van der Waals surface area (Å²) in [6.07, 6.45) is 0.593. The number of aromatic nitrogens is 1. The van der Waals surface area contributed by atoms with Crippen LogP contribution in [0.2, 0.25) is 0 Å². The van der Waals surface area contributed by atoms with Gasteiger partial charge in [0.05, 0.1) is 5.69 Å². The van der Waals surface area contributed by atoms with E-state index in [4.69, 9.17) is 0 Å². The minimum atomic E-state index is -4.41. The summed E-state index contributed by atoms with van der Waals surface area (Å²) in [5, 5.41) is 0. The first-order chi connectivity index (χ1) is 10.9. The molecule has 1 aliphatic heterocycles. The third-order valence-electron chi connectivity index (χ3n) is 4.73. The van der Waals surface area contributed by atoms with Crippen LogP contribution >= 0.6 is 0 Å². The van der Waals surface area contributed by atoms with Gasteiger partial charge in [-0.3, -0.25) is 9.59 Å². The molecule has 1 aromatic rings. The number of hydrogen-bond donors (Lipinski definition) is 0. The Balaban J connectivity index is 1.86. The molecule has 0 aromatic carbocycles. The van der Waals surface area contributed by atoms with Crippen molar-refractivity contribution in [2.75, 3.05) is 6.54 Å². The molecule has 0 bridgehead atoms. The van der Waals surface area contributed by atoms with E-state index in [1.54, 1.807) is 18.3 Å². The van der Waals surface area contributed by atoms with Crippen LogP contribution in [0.1, 0.15) is 55.1 Å². The highest BCUT2D eigenvalue weighted by atomic mass is 19.4. The Bertz CT molecular complexity index is 603. The molecule has 126 valence electrons. The fourth-order valence-electron chi connectivity index (χ4n) is 3.67. The van der Waals surface area contributed by atoms with Crippen LogP contribution in [0.4, 0.5) is 13.2 Å². The van der Waals surface area contributed by atoms with Crippen LogP contribution in [0.5, 0.6) is 0 Å². The molecule has 2 aliphatic rings. The first-order valence-corrected chi connectivity index (χ1v) is 7.94. The fraction of sp³-hybridized carbons (Fsp3) is 0.625. The summed E-state index contributed by atoms with van der Waals surface area (Å²) in [5.74, 6) is -0.582. The van der Waals surface area contributed by atoms with E-state index in [-0.39, 0.29) is 24.7 Å². The summed E-state index contributed by atoms with van der Waals surface area (Å²) < 4.78 is 40.3. The maximum Gasteiger partial charge on any atom is 0.406 e. The van der Waals surface area contributed by atoms with Crippen molar-refractivity contribution in [1.29, 1.82) is 0 Å². The van der Waals surface area contributed by atoms with Gasteiger partial charge in [-0.05, 0) is 31.4 Å². The van der Waals surface area contributed by atoms with Crippen LogP contribution in [0.25, 0.3) is 0 Å². The molecule has 1 saturated carbocycles. The largest absolute Gasteiger partial charge is 0.406 e. The van der Waals surface area contributed by atoms with Crippen LogP contribution in [-0.4, -0.2) is 39.9 Å². The Kier molecular flexibility index (Phi) is 4.21. The molecular weight excluding hydrogens is 309 g/mol. The second kappa shape index (κ2) is 6.02. The van der Waals surface area contributed by atoms with E-state index >= 15 is 0 Å². The number of amides is 1. The highest BCUT2D eigenvalue weighted by molar-refractivity contribution is 5.97. The molecule has 4 nitrogen and oxygen atoms in total. The zero-order valence-electron chi connectivity index (χ0n) is 12.7. The van der Waals surface area contributed by atoms with Crippen molar-refractivity contribution < 1.29 is 22.8 Å². The van der Waals surface area contributed by atoms with Crippen LogP contribution in [0.15, 0.2) is 18.3 Å². The number of halogens is 3. The number of rotatable bonds is 3. The number of ketones is 1. The molecule has 1 aliphatic carbocycles. The Morgan fingerprint density at radius 3 is 2.61 bits per heavy atom. The van der Waals surface area contributed by atoms with E-state index in [9.17, 15) is 22.8 Å². The van der Waals surface area contributed by atoms with Gasteiger partial charge in [0, 0.05) is 18.7 Å². The third-order valence-corrected chi connectivity index (χ3v) is 4.73. The Morgan fingerprint density at radius 2 is 1.96 bits per heavy atom. The molecule has 0 spiro atoms. The van der Waals surface area contributed by atoms with Gasteiger partial charge in [-0.2, -0.15) is 13.2 Å². The van der Waals surface area contributed by atoms with Gasteiger partial charge in [0.25, 0.3) is 0 Å². The molecule has 23 heavy (non-hydrogen) atoms. The lowest BCUT2D eigenvalue weighted by molar-refractivity contribution is -0.168. The second-order valence-electron chi connectivity index (χ2n) is 6.30. The summed E-state index contributed by atoms with van der Waals surface area (Å²) in [5.41, 5.74) is 0.410. The number of fused-ring (bicyclic) bond motifs is 1. The third kappa shape index (κ3) is 3.28. The zero-order valence-corrected chi connectivity index (χ0v) is 12.7. The number of carbonyl (C=O) groups excluding carboxylic acids is 2. The second-order valence-corrected chi connectivity index (χ2v) is 6.30. The summed E-state index contributed by atoms with van der Waals surface area (Å²) in [7, 11) is 0. The van der Waals surface area contributed by atoms with Crippen molar-refractivity contribution in [2.45, 2.75) is 56.8 Å². The number of nitrogens with zero attached hydrogens (tertiary/aromatic N) is 2. The smallest absolute Gasteiger partial charge is 0.333 e. The molecule has 0 saturated heterocycles. The maximum absolute atomic E-state index is 12.9. The Labute approximate surface area is 132 Å². The Hall–Kier alpha value is -1.79. The van der Waals surface area contributed by atoms with Crippen molar-refractivity contribution in [2.24, 2.45) is 0 Å². The Morgan fingerprint density at radius 1 is 1.26 bits per heavy atom. The van der Waals surface area contributed by atoms with E-state index in [0.29, 0.717) is 18.5 Å². The van der Waals surface area contributed by atoms with Gasteiger partial charge < -0.3 is 9.47 Å². The van der Waals surface area contributed by atoms with Gasteiger partial charge in [-0.25, -0.2) is 0 Å². The molecule has 7 heteroatoms. The minimum Gasteiger partial charge on any atom is -0.333 e. The topological polar surface area (TPSA) is 42.3 Å². The van der Waals surface area contributed by atoms with E-state index in [0.717, 1.165) is 17.7 Å². The first-order valence-electron chi connectivity index (χ1n) is 7.94. The summed E-state index contributed by atoms with van der Waals surface area (Å²) in [6.45, 7) is -1.21. The summed E-state index contributed by atoms with van der Waals surface area (Å²) >= 11 is 0. The highest BCUT2D eigenvalue weighted by Gasteiger charge is 2.41. The number of hydrogen-bond acceptors (Lipinski definition) is 2. The maximum atomic E-state index is 12.9. The molecule has 1 unspecified atom stereocenters. The standard InChI is InChI=1S/C16H19F3N2O2/c17-16(18,19)10-21(11-4-1-2-5-11)15(23)13-7-8-14(22)12-6-3-9-20(12)13/h3,6,9,11,13H,1-2,4-5,7-8,10H2. The average molecular weight is 328 g/mol. The van der Waals surface area contributed by atoms with E-state index in [2.05, 4.69) is 0 Å². The molecule has 1 fully saturated rings. The molecule has 0 N–H and O–H groups in total. The summed E-state index contributed by atoms with van der Waals surface area (Å²) in [4.78, 5) is 25.7. The predicted molar refractivity (Wildman–Crippen MR) is 77.1 cm³/mol. The van der Waals surface area contributed by atoms with Crippen molar-refractivity contribution in [1.82, 2.24) is 9.47 Å². The van der Waals surface area contributed by atoms with Crippen molar-refractivity contribution in [3.8, 4) is 0 Å². The van der Waals surface area contributed by atoms with Gasteiger partial charge in [-0.1, -0.05) is 12.8 Å². The minimum absolute atomic E-state index is 0.0673. The lowest BCUT2D eigenvalue weighted by Crippen LogP contribution is -2.48. The molecule has 3 rings (SSSR count). The van der Waals surface area contributed by atoms with E-state index < -0.39 is 24.7 Å². The monoisotopic (exact) mass is 328 g/mol. The van der Waals surface area contributed by atoms with Crippen LogP contribution < -0.4 is 0 Å². The number of carbonyl (C=O) groups is 2.